The Kier molecular flexibility index (Phi) is 3.80. The summed E-state index contributed by atoms with van der Waals surface area (Å²) in [5.41, 5.74) is 7.26. The number of nitrogens with zero attached hydrogens (tertiary/aromatic N) is 3. The minimum Gasteiger partial charge on any atom is -0.388 e. The van der Waals surface area contributed by atoms with Gasteiger partial charge in [-0.1, -0.05) is 19.1 Å². The van der Waals surface area contributed by atoms with Gasteiger partial charge in [-0.15, -0.1) is 0 Å². The third-order valence-corrected chi connectivity index (χ3v) is 3.79. The van der Waals surface area contributed by atoms with Crippen molar-refractivity contribution < 1.29 is 0 Å². The average molecular weight is 264 g/mol. The molecule has 2 N–H and O–H groups in total. The minimum atomic E-state index is 0.335. The Labute approximate surface area is 114 Å². The quantitative estimate of drug-likeness (QED) is 0.848. The fourth-order valence-electron chi connectivity index (χ4n) is 2.63. The topological polar surface area (TPSA) is 55.0 Å². The van der Waals surface area contributed by atoms with Crippen LogP contribution in [-0.4, -0.2) is 27.0 Å². The average Bonchev–Trinajstić information content (AvgIpc) is 2.69. The molecule has 2 rings (SSSR count). The highest BCUT2D eigenvalue weighted by Crippen LogP contribution is 2.29. The van der Waals surface area contributed by atoms with Crippen LogP contribution in [0.4, 0.5) is 5.95 Å². The summed E-state index contributed by atoms with van der Waals surface area (Å²) in [6.45, 7) is 6.39. The lowest BCUT2D eigenvalue weighted by Gasteiger charge is -2.28. The molecule has 0 amide bonds. The predicted octanol–water partition coefficient (Wildman–Crippen LogP) is 2.19. The van der Waals surface area contributed by atoms with Gasteiger partial charge in [0.2, 0.25) is 5.95 Å². The van der Waals surface area contributed by atoms with E-state index in [1.165, 1.54) is 12.8 Å². The van der Waals surface area contributed by atoms with Gasteiger partial charge in [0.15, 0.2) is 0 Å². The van der Waals surface area contributed by atoms with Gasteiger partial charge in [-0.3, -0.25) is 0 Å². The zero-order valence-corrected chi connectivity index (χ0v) is 12.0. The molecule has 4 nitrogen and oxygen atoms in total. The van der Waals surface area contributed by atoms with Crippen molar-refractivity contribution >= 4 is 23.2 Å². The number of anilines is 1. The Morgan fingerprint density at radius 1 is 1.50 bits per heavy atom. The lowest BCUT2D eigenvalue weighted by atomic mass is 10.2. The monoisotopic (exact) mass is 264 g/mol. The first kappa shape index (κ1) is 13.2. The van der Waals surface area contributed by atoms with Crippen molar-refractivity contribution in [2.45, 2.75) is 52.1 Å². The van der Waals surface area contributed by atoms with Gasteiger partial charge in [0.25, 0.3) is 0 Å². The third kappa shape index (κ3) is 2.46. The van der Waals surface area contributed by atoms with E-state index >= 15 is 0 Å². The van der Waals surface area contributed by atoms with E-state index in [0.29, 0.717) is 22.8 Å². The van der Waals surface area contributed by atoms with Gasteiger partial charge < -0.3 is 10.6 Å². The maximum atomic E-state index is 5.67. The molecule has 1 aliphatic heterocycles. The van der Waals surface area contributed by atoms with Crippen LogP contribution in [0.25, 0.3) is 0 Å². The summed E-state index contributed by atoms with van der Waals surface area (Å²) < 4.78 is 0. The number of hydrogen-bond acceptors (Lipinski definition) is 4. The first-order valence-corrected chi connectivity index (χ1v) is 6.87. The van der Waals surface area contributed by atoms with Crippen molar-refractivity contribution in [3.8, 4) is 0 Å². The standard InChI is InChI=1S/C13H20N4S/c1-4-10-6-5-9(3)17(10)13-15-8(2)7-11(16-13)12(14)18/h7,9-10H,4-6H2,1-3H3,(H2,14,18). The van der Waals surface area contributed by atoms with E-state index in [2.05, 4.69) is 28.7 Å². The van der Waals surface area contributed by atoms with E-state index in [1.54, 1.807) is 0 Å². The molecule has 98 valence electrons. The molecule has 18 heavy (non-hydrogen) atoms. The summed E-state index contributed by atoms with van der Waals surface area (Å²) in [7, 11) is 0. The maximum absolute atomic E-state index is 5.67. The Hall–Kier alpha value is -1.23. The molecule has 2 atom stereocenters. The Morgan fingerprint density at radius 2 is 2.22 bits per heavy atom. The van der Waals surface area contributed by atoms with Crippen LogP contribution in [0.3, 0.4) is 0 Å². The smallest absolute Gasteiger partial charge is 0.226 e. The fourth-order valence-corrected chi connectivity index (χ4v) is 2.73. The second kappa shape index (κ2) is 5.18. The Balaban J connectivity index is 2.40. The van der Waals surface area contributed by atoms with Crippen LogP contribution in [0.15, 0.2) is 6.07 Å². The molecule has 0 saturated carbocycles. The number of hydrogen-bond donors (Lipinski definition) is 1. The first-order chi connectivity index (χ1) is 8.52. The number of nitrogens with two attached hydrogens (primary N) is 1. The van der Waals surface area contributed by atoms with Gasteiger partial charge in [-0.05, 0) is 39.2 Å². The molecule has 2 heterocycles. The lowest BCUT2D eigenvalue weighted by Crippen LogP contribution is -2.36. The molecule has 0 aromatic carbocycles. The number of rotatable bonds is 3. The van der Waals surface area contributed by atoms with Crippen LogP contribution in [0.2, 0.25) is 0 Å². The molecule has 0 radical (unpaired) electrons. The van der Waals surface area contributed by atoms with Crippen LogP contribution in [0, 0.1) is 6.92 Å². The van der Waals surface area contributed by atoms with Gasteiger partial charge in [0.05, 0.1) is 0 Å². The first-order valence-electron chi connectivity index (χ1n) is 6.46. The molecule has 1 fully saturated rings. The molecular formula is C13H20N4S. The predicted molar refractivity (Wildman–Crippen MR) is 77.9 cm³/mol. The Bertz CT molecular complexity index is 460. The van der Waals surface area contributed by atoms with Crippen LogP contribution in [0.1, 0.15) is 44.5 Å². The van der Waals surface area contributed by atoms with Crippen molar-refractivity contribution in [2.75, 3.05) is 4.90 Å². The van der Waals surface area contributed by atoms with Crippen molar-refractivity contribution in [3.05, 3.63) is 17.5 Å². The highest BCUT2D eigenvalue weighted by Gasteiger charge is 2.31. The zero-order chi connectivity index (χ0) is 13.3. The summed E-state index contributed by atoms with van der Waals surface area (Å²) in [6, 6.07) is 2.85. The van der Waals surface area contributed by atoms with E-state index < -0.39 is 0 Å². The van der Waals surface area contributed by atoms with E-state index in [1.807, 2.05) is 13.0 Å². The second-order valence-corrected chi connectivity index (χ2v) is 5.39. The number of aromatic nitrogens is 2. The Morgan fingerprint density at radius 3 is 2.83 bits per heavy atom. The van der Waals surface area contributed by atoms with Gasteiger partial charge in [0, 0.05) is 17.8 Å². The van der Waals surface area contributed by atoms with E-state index in [9.17, 15) is 0 Å². The minimum absolute atomic E-state index is 0.335. The second-order valence-electron chi connectivity index (χ2n) is 4.95. The summed E-state index contributed by atoms with van der Waals surface area (Å²) >= 11 is 5.01. The van der Waals surface area contributed by atoms with E-state index in [0.717, 1.165) is 18.1 Å². The van der Waals surface area contributed by atoms with Crippen molar-refractivity contribution in [3.63, 3.8) is 0 Å². The molecule has 2 unspecified atom stereocenters. The molecule has 1 aliphatic rings. The molecule has 5 heteroatoms. The molecule has 0 aliphatic carbocycles. The van der Waals surface area contributed by atoms with Crippen LogP contribution < -0.4 is 10.6 Å². The normalized spacial score (nSPS) is 23.4. The van der Waals surface area contributed by atoms with Gasteiger partial charge in [-0.2, -0.15) is 0 Å². The molecule has 0 bridgehead atoms. The third-order valence-electron chi connectivity index (χ3n) is 3.58. The molecule has 1 saturated heterocycles. The molecule has 0 spiro atoms. The maximum Gasteiger partial charge on any atom is 0.226 e. The van der Waals surface area contributed by atoms with Crippen molar-refractivity contribution in [1.29, 1.82) is 0 Å². The van der Waals surface area contributed by atoms with Gasteiger partial charge >= 0.3 is 0 Å². The van der Waals surface area contributed by atoms with Crippen molar-refractivity contribution in [1.82, 2.24) is 9.97 Å². The summed E-state index contributed by atoms with van der Waals surface area (Å²) in [5, 5.41) is 0. The van der Waals surface area contributed by atoms with Crippen molar-refractivity contribution in [2.24, 2.45) is 5.73 Å². The zero-order valence-electron chi connectivity index (χ0n) is 11.2. The largest absolute Gasteiger partial charge is 0.388 e. The van der Waals surface area contributed by atoms with Crippen LogP contribution in [-0.2, 0) is 0 Å². The highest BCUT2D eigenvalue weighted by molar-refractivity contribution is 7.80. The van der Waals surface area contributed by atoms with Gasteiger partial charge in [-0.25, -0.2) is 9.97 Å². The molecular weight excluding hydrogens is 244 g/mol. The van der Waals surface area contributed by atoms with E-state index in [4.69, 9.17) is 18.0 Å². The highest BCUT2D eigenvalue weighted by atomic mass is 32.1. The fraction of sp³-hybridized carbons (Fsp3) is 0.615. The molecule has 1 aromatic heterocycles. The summed E-state index contributed by atoms with van der Waals surface area (Å²) in [4.78, 5) is 11.7. The number of thiocarbonyl (C=S) groups is 1. The van der Waals surface area contributed by atoms with E-state index in [-0.39, 0.29) is 0 Å². The van der Waals surface area contributed by atoms with Gasteiger partial charge in [0.1, 0.15) is 10.7 Å². The summed E-state index contributed by atoms with van der Waals surface area (Å²) in [5.74, 6) is 0.773. The number of aryl methyl sites for hydroxylation is 1. The summed E-state index contributed by atoms with van der Waals surface area (Å²) in [6.07, 6.45) is 3.51. The molecule has 1 aromatic rings. The SMILES string of the molecule is CCC1CCC(C)N1c1nc(C)cc(C(N)=S)n1. The van der Waals surface area contributed by atoms with Crippen LogP contribution in [0.5, 0.6) is 0 Å². The lowest BCUT2D eigenvalue weighted by molar-refractivity contribution is 0.611. The van der Waals surface area contributed by atoms with Crippen LogP contribution >= 0.6 is 12.2 Å².